The minimum Gasteiger partial charge on any atom is -0.485 e. The number of likely N-dealkylation sites (tertiary alicyclic amines) is 1. The fourth-order valence-corrected chi connectivity index (χ4v) is 6.04. The predicted molar refractivity (Wildman–Crippen MR) is 173 cm³/mol. The maximum absolute atomic E-state index is 6.34. The summed E-state index contributed by atoms with van der Waals surface area (Å²) in [4.78, 5) is 14.4. The van der Waals surface area contributed by atoms with E-state index < -0.39 is 0 Å². The van der Waals surface area contributed by atoms with Crippen molar-refractivity contribution in [1.29, 1.82) is 0 Å². The molecule has 224 valence electrons. The van der Waals surface area contributed by atoms with E-state index in [1.54, 1.807) is 0 Å². The predicted octanol–water partition coefficient (Wildman–Crippen LogP) is 7.09. The molecule has 0 aliphatic carbocycles. The largest absolute Gasteiger partial charge is 0.485 e. The Labute approximate surface area is 255 Å². The highest BCUT2D eigenvalue weighted by Gasteiger charge is 2.25. The Balaban J connectivity index is 1.10. The van der Waals surface area contributed by atoms with Gasteiger partial charge in [0.05, 0.1) is 0 Å². The second kappa shape index (κ2) is 14.9. The molecule has 1 unspecified atom stereocenters. The molecule has 0 radical (unpaired) electrons. The molecule has 7 heteroatoms. The molecule has 2 fully saturated rings. The molecule has 0 amide bonds. The van der Waals surface area contributed by atoms with Gasteiger partial charge in [0.15, 0.2) is 11.5 Å². The van der Waals surface area contributed by atoms with Crippen LogP contribution in [0.5, 0.6) is 11.5 Å². The zero-order chi connectivity index (χ0) is 29.1. The smallest absolute Gasteiger partial charge is 0.224 e. The van der Waals surface area contributed by atoms with Crippen LogP contribution < -0.4 is 19.7 Å². The zero-order valence-corrected chi connectivity index (χ0v) is 25.0. The minimum absolute atomic E-state index is 0.424. The molecule has 1 N–H and O–H groups in total. The number of anilines is 2. The number of rotatable bonds is 12. The first kappa shape index (κ1) is 29.0. The lowest BCUT2D eigenvalue weighted by molar-refractivity contribution is 0.246. The van der Waals surface area contributed by atoms with Gasteiger partial charge >= 0.3 is 0 Å². The Kier molecular flexibility index (Phi) is 10.0. The van der Waals surface area contributed by atoms with Gasteiger partial charge in [-0.1, -0.05) is 79.6 Å². The summed E-state index contributed by atoms with van der Waals surface area (Å²) in [5.74, 6) is 3.32. The summed E-state index contributed by atoms with van der Waals surface area (Å²) in [6.45, 7) is 5.94. The highest BCUT2D eigenvalue weighted by molar-refractivity contribution is 5.44. The number of nitrogens with zero attached hydrogens (tertiary/aromatic N) is 4. The Morgan fingerprint density at radius 1 is 0.698 bits per heavy atom. The number of benzene rings is 3. The van der Waals surface area contributed by atoms with E-state index in [0.29, 0.717) is 19.3 Å². The minimum atomic E-state index is 0.424. The second-order valence-corrected chi connectivity index (χ2v) is 11.6. The Bertz CT molecular complexity index is 1410. The molecule has 0 spiro atoms. The molecule has 2 saturated heterocycles. The summed E-state index contributed by atoms with van der Waals surface area (Å²) < 4.78 is 12.6. The second-order valence-electron chi connectivity index (χ2n) is 11.6. The van der Waals surface area contributed by atoms with Crippen LogP contribution in [0.4, 0.5) is 11.8 Å². The zero-order valence-electron chi connectivity index (χ0n) is 25.0. The third-order valence-electron chi connectivity index (χ3n) is 8.43. The van der Waals surface area contributed by atoms with Gasteiger partial charge in [-0.2, -0.15) is 4.98 Å². The molecule has 43 heavy (non-hydrogen) atoms. The fraction of sp³-hybridized carbons (Fsp3) is 0.389. The quantitative estimate of drug-likeness (QED) is 0.193. The highest BCUT2D eigenvalue weighted by atomic mass is 16.5. The van der Waals surface area contributed by atoms with Crippen LogP contribution in [0.25, 0.3) is 0 Å². The van der Waals surface area contributed by atoms with Crippen LogP contribution in [0.3, 0.4) is 0 Å². The molecule has 7 nitrogen and oxygen atoms in total. The monoisotopic (exact) mass is 577 g/mol. The SMILES string of the molecule is c1ccc(COc2ccc(CN3CCCC3CNc3nccc(N4CCCCCC4)n3)cc2OCc2ccccc2)cc1. The van der Waals surface area contributed by atoms with Crippen molar-refractivity contribution >= 4 is 11.8 Å². The fourth-order valence-electron chi connectivity index (χ4n) is 6.04. The lowest BCUT2D eigenvalue weighted by Gasteiger charge is -2.26. The van der Waals surface area contributed by atoms with Gasteiger partial charge in [0.1, 0.15) is 19.0 Å². The lowest BCUT2D eigenvalue weighted by atomic mass is 10.1. The van der Waals surface area contributed by atoms with E-state index in [1.165, 1.54) is 37.7 Å². The summed E-state index contributed by atoms with van der Waals surface area (Å²) in [5, 5.41) is 3.55. The van der Waals surface area contributed by atoms with Gasteiger partial charge in [0.2, 0.25) is 5.95 Å². The molecule has 3 heterocycles. The van der Waals surface area contributed by atoms with E-state index in [4.69, 9.17) is 14.5 Å². The van der Waals surface area contributed by atoms with Crippen molar-refractivity contribution in [3.63, 3.8) is 0 Å². The van der Waals surface area contributed by atoms with Crippen LogP contribution in [0.2, 0.25) is 0 Å². The van der Waals surface area contributed by atoms with Crippen molar-refractivity contribution in [3.8, 4) is 11.5 Å². The van der Waals surface area contributed by atoms with Crippen molar-refractivity contribution in [2.24, 2.45) is 0 Å². The first-order valence-electron chi connectivity index (χ1n) is 15.8. The van der Waals surface area contributed by atoms with Crippen LogP contribution in [0.1, 0.15) is 55.2 Å². The maximum atomic E-state index is 6.34. The molecule has 3 aromatic carbocycles. The van der Waals surface area contributed by atoms with Crippen molar-refractivity contribution in [3.05, 3.63) is 108 Å². The molecular formula is C36H43N5O2. The molecule has 0 bridgehead atoms. The van der Waals surface area contributed by atoms with Gasteiger partial charge in [-0.25, -0.2) is 4.98 Å². The van der Waals surface area contributed by atoms with Crippen molar-refractivity contribution in [2.75, 3.05) is 36.4 Å². The van der Waals surface area contributed by atoms with Crippen LogP contribution in [0.15, 0.2) is 91.1 Å². The lowest BCUT2D eigenvalue weighted by Crippen LogP contribution is -2.35. The van der Waals surface area contributed by atoms with Gasteiger partial charge in [-0.05, 0) is 67.1 Å². The van der Waals surface area contributed by atoms with Gasteiger partial charge in [-0.3, -0.25) is 4.90 Å². The van der Waals surface area contributed by atoms with Crippen molar-refractivity contribution in [1.82, 2.24) is 14.9 Å². The molecular weight excluding hydrogens is 534 g/mol. The summed E-state index contributed by atoms with van der Waals surface area (Å²) in [7, 11) is 0. The molecule has 1 atom stereocenters. The van der Waals surface area contributed by atoms with E-state index in [1.807, 2.05) is 48.7 Å². The summed E-state index contributed by atoms with van der Waals surface area (Å²) in [6, 6.07) is 29.4. The third-order valence-corrected chi connectivity index (χ3v) is 8.43. The average molecular weight is 578 g/mol. The summed E-state index contributed by atoms with van der Waals surface area (Å²) in [5.41, 5.74) is 3.49. The van der Waals surface area contributed by atoms with Gasteiger partial charge < -0.3 is 19.7 Å². The van der Waals surface area contributed by atoms with Gasteiger partial charge in [0.25, 0.3) is 0 Å². The Hall–Kier alpha value is -4.10. The van der Waals surface area contributed by atoms with Gasteiger partial charge in [0, 0.05) is 38.4 Å². The summed E-state index contributed by atoms with van der Waals surface area (Å²) >= 11 is 0. The van der Waals surface area contributed by atoms with E-state index in [2.05, 4.69) is 62.6 Å². The number of hydrogen-bond donors (Lipinski definition) is 1. The van der Waals surface area contributed by atoms with Crippen LogP contribution >= 0.6 is 0 Å². The van der Waals surface area contributed by atoms with Crippen molar-refractivity contribution < 1.29 is 9.47 Å². The van der Waals surface area contributed by atoms with Crippen LogP contribution in [0, 0.1) is 0 Å². The molecule has 2 aliphatic rings. The Morgan fingerprint density at radius 2 is 1.40 bits per heavy atom. The van der Waals surface area contributed by atoms with E-state index >= 15 is 0 Å². The first-order chi connectivity index (χ1) is 21.3. The molecule has 6 rings (SSSR count). The maximum Gasteiger partial charge on any atom is 0.224 e. The topological polar surface area (TPSA) is 62.8 Å². The summed E-state index contributed by atoms with van der Waals surface area (Å²) in [6.07, 6.45) is 9.35. The normalized spacial score (nSPS) is 17.4. The highest BCUT2D eigenvalue weighted by Crippen LogP contribution is 2.32. The number of aromatic nitrogens is 2. The van der Waals surface area contributed by atoms with E-state index in [-0.39, 0.29) is 0 Å². The van der Waals surface area contributed by atoms with E-state index in [9.17, 15) is 0 Å². The number of hydrogen-bond acceptors (Lipinski definition) is 7. The molecule has 2 aliphatic heterocycles. The molecule has 4 aromatic rings. The average Bonchev–Trinajstić information content (AvgIpc) is 3.31. The number of nitrogens with one attached hydrogen (secondary N) is 1. The first-order valence-corrected chi connectivity index (χ1v) is 15.8. The molecule has 0 saturated carbocycles. The van der Waals surface area contributed by atoms with Crippen LogP contribution in [-0.2, 0) is 19.8 Å². The number of ether oxygens (including phenoxy) is 2. The third kappa shape index (κ3) is 8.26. The standard InChI is InChI=1S/C36H43N5O2/c1-2-10-22-40(21-9-1)35-19-20-37-36(39-35)38-25-32-16-11-23-41(32)26-31-17-18-33(42-27-29-12-5-3-6-13-29)34(24-31)43-28-30-14-7-4-8-15-30/h3-8,12-15,17-20,24,32H,1-2,9-11,16,21-23,25-28H2,(H,37,38,39). The van der Waals surface area contributed by atoms with Gasteiger partial charge in [-0.15, -0.1) is 0 Å². The van der Waals surface area contributed by atoms with Crippen molar-refractivity contribution in [2.45, 2.75) is 64.3 Å². The van der Waals surface area contributed by atoms with Crippen LogP contribution in [-0.4, -0.2) is 47.1 Å². The van der Waals surface area contributed by atoms with E-state index in [0.717, 1.165) is 73.5 Å². The molecule has 1 aromatic heterocycles. The Morgan fingerprint density at radius 3 is 2.12 bits per heavy atom.